The molecule has 3 aromatic heterocycles. The minimum atomic E-state index is -0.166. The van der Waals surface area contributed by atoms with Crippen molar-refractivity contribution in [1.82, 2.24) is 24.6 Å². The molecule has 126 valence electrons. The Bertz CT molecular complexity index is 996. The van der Waals surface area contributed by atoms with Gasteiger partial charge in [0.15, 0.2) is 5.65 Å². The van der Waals surface area contributed by atoms with Crippen LogP contribution in [0.15, 0.2) is 30.7 Å². The fourth-order valence-corrected chi connectivity index (χ4v) is 3.90. The number of carbonyl (C=O) groups excluding carboxylic acids is 1. The number of aromatic amines is 1. The predicted molar refractivity (Wildman–Crippen MR) is 95.2 cm³/mol. The van der Waals surface area contributed by atoms with Crippen LogP contribution >= 0.6 is 0 Å². The minimum Gasteiger partial charge on any atom is -0.315 e. The Morgan fingerprint density at radius 1 is 1.36 bits per heavy atom. The molecule has 1 aliphatic heterocycles. The summed E-state index contributed by atoms with van der Waals surface area (Å²) in [5.74, 6) is 0.796. The summed E-state index contributed by atoms with van der Waals surface area (Å²) in [5.41, 5.74) is 0.705. The second-order valence-electron chi connectivity index (χ2n) is 6.43. The number of nitrogens with zero attached hydrogens (tertiary/aromatic N) is 5. The molecule has 0 aromatic carbocycles. The van der Waals surface area contributed by atoms with Crippen LogP contribution in [0, 0.1) is 11.3 Å². The third-order valence-corrected chi connectivity index (χ3v) is 5.17. The van der Waals surface area contributed by atoms with E-state index >= 15 is 0 Å². The van der Waals surface area contributed by atoms with E-state index in [1.54, 1.807) is 18.3 Å². The van der Waals surface area contributed by atoms with E-state index in [2.05, 4.69) is 15.0 Å². The minimum absolute atomic E-state index is 0.115. The molecule has 0 bridgehead atoms. The second kappa shape index (κ2) is 5.83. The Balaban J connectivity index is 1.99. The maximum atomic E-state index is 12.5. The number of carbonyl (C=O) groups is 1. The first kappa shape index (κ1) is 15.5. The maximum absolute atomic E-state index is 12.5. The molecule has 1 saturated heterocycles. The third kappa shape index (κ3) is 2.26. The summed E-state index contributed by atoms with van der Waals surface area (Å²) < 4.78 is 0.405. The summed E-state index contributed by atoms with van der Waals surface area (Å²) in [6.45, 7) is 1.64. The Morgan fingerprint density at radius 3 is 2.92 bits per heavy atom. The molecule has 1 fully saturated rings. The first-order chi connectivity index (χ1) is 12.2. The molecule has 0 atom stereocenters. The number of amides is 1. The maximum Gasteiger partial charge on any atom is 0.282 e. The van der Waals surface area contributed by atoms with E-state index in [0.717, 1.165) is 47.9 Å². The lowest BCUT2D eigenvalue weighted by molar-refractivity contribution is -0.141. The van der Waals surface area contributed by atoms with Crippen LogP contribution in [0.2, 0.25) is 0 Å². The number of quaternary nitrogens is 1. The number of nitriles is 1. The molecule has 0 spiro atoms. The van der Waals surface area contributed by atoms with Gasteiger partial charge in [0.2, 0.25) is 5.82 Å². The zero-order valence-electron chi connectivity index (χ0n) is 14.1. The number of rotatable bonds is 3. The Hall–Kier alpha value is -2.98. The van der Waals surface area contributed by atoms with E-state index in [-0.39, 0.29) is 12.3 Å². The molecule has 7 heteroatoms. The van der Waals surface area contributed by atoms with Gasteiger partial charge < -0.3 is 4.98 Å². The number of hydrogen-bond acceptors (Lipinski definition) is 4. The Labute approximate surface area is 145 Å². The lowest BCUT2D eigenvalue weighted by Crippen LogP contribution is -2.60. The molecule has 0 saturated carbocycles. The lowest BCUT2D eigenvalue weighted by Gasteiger charge is -2.39. The van der Waals surface area contributed by atoms with Gasteiger partial charge in [0.25, 0.3) is 5.91 Å². The van der Waals surface area contributed by atoms with Crippen molar-refractivity contribution in [3.63, 3.8) is 0 Å². The van der Waals surface area contributed by atoms with Crippen LogP contribution in [0.3, 0.4) is 0 Å². The molecular weight excluding hydrogens is 316 g/mol. The van der Waals surface area contributed by atoms with Gasteiger partial charge >= 0.3 is 0 Å². The molecule has 0 aliphatic carbocycles. The highest BCUT2D eigenvalue weighted by Gasteiger charge is 2.44. The summed E-state index contributed by atoms with van der Waals surface area (Å²) in [7, 11) is 1.79. The van der Waals surface area contributed by atoms with Gasteiger partial charge in [-0.1, -0.05) is 0 Å². The third-order valence-electron chi connectivity index (χ3n) is 5.17. The molecular formula is C18H19N6O+. The highest BCUT2D eigenvalue weighted by atomic mass is 16.2. The van der Waals surface area contributed by atoms with Gasteiger partial charge in [-0.2, -0.15) is 14.9 Å². The lowest BCUT2D eigenvalue weighted by atomic mass is 10.1. The summed E-state index contributed by atoms with van der Waals surface area (Å²) in [4.78, 5) is 24.6. The molecule has 1 N–H and O–H groups in total. The average molecular weight is 335 g/mol. The summed E-state index contributed by atoms with van der Waals surface area (Å²) in [6.07, 6.45) is 7.42. The van der Waals surface area contributed by atoms with Gasteiger partial charge in [-0.05, 0) is 12.1 Å². The molecule has 0 unspecified atom stereocenters. The van der Waals surface area contributed by atoms with Crippen molar-refractivity contribution in [2.24, 2.45) is 0 Å². The van der Waals surface area contributed by atoms with E-state index in [9.17, 15) is 4.79 Å². The van der Waals surface area contributed by atoms with Gasteiger partial charge in [0.1, 0.15) is 19.5 Å². The van der Waals surface area contributed by atoms with E-state index < -0.39 is 0 Å². The van der Waals surface area contributed by atoms with Gasteiger partial charge in [0, 0.05) is 42.2 Å². The van der Waals surface area contributed by atoms with Crippen molar-refractivity contribution >= 4 is 33.5 Å². The first-order valence-corrected chi connectivity index (χ1v) is 8.40. The summed E-state index contributed by atoms with van der Waals surface area (Å²) in [6, 6.07) is 5.92. The number of H-pyrrole nitrogens is 1. The molecule has 0 radical (unpaired) electrons. The first-order valence-electron chi connectivity index (χ1n) is 8.40. The Morgan fingerprint density at radius 2 is 2.16 bits per heavy atom. The van der Waals surface area contributed by atoms with Crippen molar-refractivity contribution < 1.29 is 4.79 Å². The highest BCUT2D eigenvalue weighted by Crippen LogP contribution is 2.38. The Kier molecular flexibility index (Phi) is 3.62. The van der Waals surface area contributed by atoms with E-state index in [1.807, 2.05) is 30.6 Å². The zero-order chi connectivity index (χ0) is 17.4. The van der Waals surface area contributed by atoms with E-state index in [0.29, 0.717) is 10.2 Å². The number of fused-ring (bicyclic) bond motifs is 3. The van der Waals surface area contributed by atoms with Crippen LogP contribution in [0.5, 0.6) is 0 Å². The number of nitrogens with one attached hydrogen (secondary N) is 1. The number of aromatic nitrogens is 3. The highest BCUT2D eigenvalue weighted by molar-refractivity contribution is 6.10. The van der Waals surface area contributed by atoms with E-state index in [4.69, 9.17) is 5.26 Å². The number of pyridine rings is 2. The number of hydrogen-bond donors (Lipinski definition) is 1. The van der Waals surface area contributed by atoms with Gasteiger partial charge in [-0.3, -0.25) is 4.79 Å². The standard InChI is InChI=1S/C18H19N6O/c1-23(15(25)4-7-19)24(10-2-3-11-24)18-16-13(5-8-21-18)12-22-17-14(16)6-9-20-17/h5-6,8-9,12,21H,2-4,10-11H2,1H3/q+1. The molecule has 1 aliphatic rings. The van der Waals surface area contributed by atoms with Gasteiger partial charge in [-0.25, -0.2) is 9.97 Å². The fraction of sp³-hybridized carbons (Fsp3) is 0.333. The van der Waals surface area contributed by atoms with Crippen LogP contribution in [0.25, 0.3) is 21.8 Å². The van der Waals surface area contributed by atoms with Crippen LogP contribution < -0.4 is 4.59 Å². The molecule has 4 heterocycles. The van der Waals surface area contributed by atoms with Crippen LogP contribution in [0.4, 0.5) is 5.82 Å². The monoisotopic (exact) mass is 335 g/mol. The van der Waals surface area contributed by atoms with Gasteiger partial charge in [0.05, 0.1) is 18.5 Å². The van der Waals surface area contributed by atoms with Crippen LogP contribution in [-0.4, -0.2) is 46.0 Å². The predicted octanol–water partition coefficient (Wildman–Crippen LogP) is 2.50. The van der Waals surface area contributed by atoms with Crippen molar-refractivity contribution in [2.45, 2.75) is 19.3 Å². The second-order valence-corrected chi connectivity index (χ2v) is 6.43. The van der Waals surface area contributed by atoms with Crippen molar-refractivity contribution in [2.75, 3.05) is 20.1 Å². The fourth-order valence-electron chi connectivity index (χ4n) is 3.90. The SMILES string of the molecule is CN(C(=O)CC#N)[N+]1(c2[nH]ccc3cnc4nccc4c23)CCCC1. The van der Waals surface area contributed by atoms with Crippen molar-refractivity contribution in [1.29, 1.82) is 5.26 Å². The quantitative estimate of drug-likeness (QED) is 0.745. The van der Waals surface area contributed by atoms with E-state index in [1.165, 1.54) is 0 Å². The van der Waals surface area contributed by atoms with Crippen molar-refractivity contribution in [3.8, 4) is 6.07 Å². The van der Waals surface area contributed by atoms with Gasteiger partial charge in [-0.15, -0.1) is 0 Å². The van der Waals surface area contributed by atoms with Crippen LogP contribution in [-0.2, 0) is 4.79 Å². The summed E-state index contributed by atoms with van der Waals surface area (Å²) >= 11 is 0. The van der Waals surface area contributed by atoms with Crippen molar-refractivity contribution in [3.05, 3.63) is 30.7 Å². The molecule has 7 nitrogen and oxygen atoms in total. The van der Waals surface area contributed by atoms with Crippen LogP contribution in [0.1, 0.15) is 19.3 Å². The average Bonchev–Trinajstić information content (AvgIpc) is 3.30. The largest absolute Gasteiger partial charge is 0.315 e. The topological polar surface area (TPSA) is 85.7 Å². The molecule has 25 heavy (non-hydrogen) atoms. The zero-order valence-corrected chi connectivity index (χ0v) is 14.1. The normalized spacial score (nSPS) is 16.2. The molecule has 1 amide bonds. The summed E-state index contributed by atoms with van der Waals surface area (Å²) in [5, 5.41) is 13.7. The smallest absolute Gasteiger partial charge is 0.282 e. The molecule has 3 aromatic rings. The molecule has 4 rings (SSSR count).